The van der Waals surface area contributed by atoms with Crippen LogP contribution in [0.2, 0.25) is 0 Å². The molecule has 3 aliphatic rings. The molecule has 1 saturated carbocycles. The first kappa shape index (κ1) is 20.0. The number of pyridine rings is 1. The van der Waals surface area contributed by atoms with Crippen molar-refractivity contribution in [1.82, 2.24) is 9.88 Å². The van der Waals surface area contributed by atoms with Gasteiger partial charge in [-0.25, -0.2) is 4.39 Å². The van der Waals surface area contributed by atoms with Gasteiger partial charge < -0.3 is 10.0 Å². The second-order valence-corrected chi connectivity index (χ2v) is 9.48. The zero-order valence-corrected chi connectivity index (χ0v) is 17.9. The molecule has 0 radical (unpaired) electrons. The van der Waals surface area contributed by atoms with Crippen molar-refractivity contribution in [2.45, 2.75) is 51.2 Å². The van der Waals surface area contributed by atoms with Gasteiger partial charge in [0, 0.05) is 50.8 Å². The average molecular weight is 410 g/mol. The van der Waals surface area contributed by atoms with Crippen LogP contribution in [0.4, 0.5) is 10.1 Å². The molecule has 2 unspecified atom stereocenters. The molecule has 30 heavy (non-hydrogen) atoms. The van der Waals surface area contributed by atoms with Gasteiger partial charge in [0.25, 0.3) is 0 Å². The molecule has 0 spiro atoms. The number of hydrogen-bond acceptors (Lipinski definition) is 4. The first-order valence-electron chi connectivity index (χ1n) is 11.5. The molecule has 2 atom stereocenters. The largest absolute Gasteiger partial charge is 0.383 e. The lowest BCUT2D eigenvalue weighted by Crippen LogP contribution is -2.58. The van der Waals surface area contributed by atoms with Crippen molar-refractivity contribution in [3.8, 4) is 0 Å². The van der Waals surface area contributed by atoms with E-state index in [9.17, 15) is 9.50 Å². The lowest BCUT2D eigenvalue weighted by atomic mass is 9.64. The predicted molar refractivity (Wildman–Crippen MR) is 117 cm³/mol. The van der Waals surface area contributed by atoms with Crippen LogP contribution in [-0.4, -0.2) is 41.2 Å². The molecule has 2 aromatic rings. The number of rotatable bonds is 4. The molecule has 2 bridgehead atoms. The number of piperidine rings is 1. The zero-order chi connectivity index (χ0) is 20.7. The van der Waals surface area contributed by atoms with Crippen molar-refractivity contribution in [3.05, 3.63) is 59.2 Å². The highest BCUT2D eigenvalue weighted by molar-refractivity contribution is 5.53. The van der Waals surface area contributed by atoms with E-state index in [2.05, 4.69) is 21.7 Å². The summed E-state index contributed by atoms with van der Waals surface area (Å²) >= 11 is 0. The van der Waals surface area contributed by atoms with E-state index < -0.39 is 5.60 Å². The number of aliphatic hydroxyl groups is 1. The van der Waals surface area contributed by atoms with Crippen molar-refractivity contribution in [1.29, 1.82) is 0 Å². The second kappa shape index (κ2) is 7.93. The molecule has 2 aliphatic heterocycles. The van der Waals surface area contributed by atoms with E-state index in [0.717, 1.165) is 87.3 Å². The predicted octanol–water partition coefficient (Wildman–Crippen LogP) is 4.25. The maximum Gasteiger partial charge on any atom is 0.146 e. The highest BCUT2D eigenvalue weighted by Gasteiger charge is 2.52. The third-order valence-electron chi connectivity index (χ3n) is 7.63. The second-order valence-electron chi connectivity index (χ2n) is 9.48. The molecule has 2 saturated heterocycles. The summed E-state index contributed by atoms with van der Waals surface area (Å²) in [6.45, 7) is 6.42. The first-order valence-corrected chi connectivity index (χ1v) is 11.5. The molecule has 5 rings (SSSR count). The third kappa shape index (κ3) is 3.42. The number of hydrogen-bond donors (Lipinski definition) is 1. The summed E-state index contributed by atoms with van der Waals surface area (Å²) in [6.07, 6.45) is 7.27. The minimum Gasteiger partial charge on any atom is -0.383 e. The molecule has 3 fully saturated rings. The highest BCUT2D eigenvalue weighted by atomic mass is 19.1. The number of fused-ring (bicyclic) bond motifs is 2. The van der Waals surface area contributed by atoms with Crippen LogP contribution in [-0.2, 0) is 12.1 Å². The van der Waals surface area contributed by atoms with Gasteiger partial charge in [0.05, 0.1) is 11.4 Å². The standard InChI is InChI=1S/C25H32FN3O/c1-18-13-23(29-11-4-5-12-29)22(26)14-19(18)15-28-16-20-7-6-8-21(17-28)25(20,30)24-9-2-3-10-27-24/h2-3,9-10,13-14,20-21,30H,4-8,11-12,15-17H2,1H3. The van der Waals surface area contributed by atoms with Crippen LogP contribution in [0.15, 0.2) is 36.5 Å². The fourth-order valence-electron chi connectivity index (χ4n) is 6.01. The van der Waals surface area contributed by atoms with E-state index in [1.807, 2.05) is 24.3 Å². The molecular weight excluding hydrogens is 377 g/mol. The van der Waals surface area contributed by atoms with Crippen LogP contribution in [0.5, 0.6) is 0 Å². The number of anilines is 1. The van der Waals surface area contributed by atoms with Crippen molar-refractivity contribution in [3.63, 3.8) is 0 Å². The minimum atomic E-state index is -0.837. The normalized spacial score (nSPS) is 29.4. The van der Waals surface area contributed by atoms with Crippen LogP contribution in [0.3, 0.4) is 0 Å². The Kier molecular flexibility index (Phi) is 5.28. The molecule has 5 heteroatoms. The zero-order valence-electron chi connectivity index (χ0n) is 17.9. The van der Waals surface area contributed by atoms with Gasteiger partial charge in [0.1, 0.15) is 11.4 Å². The van der Waals surface area contributed by atoms with Gasteiger partial charge in [-0.2, -0.15) is 0 Å². The Bertz CT molecular complexity index is 883. The van der Waals surface area contributed by atoms with Crippen LogP contribution < -0.4 is 4.90 Å². The van der Waals surface area contributed by atoms with Gasteiger partial charge in [-0.15, -0.1) is 0 Å². The van der Waals surface area contributed by atoms with Crippen molar-refractivity contribution < 1.29 is 9.50 Å². The van der Waals surface area contributed by atoms with E-state index >= 15 is 0 Å². The number of benzene rings is 1. The molecule has 160 valence electrons. The Morgan fingerprint density at radius 2 is 1.83 bits per heavy atom. The van der Waals surface area contributed by atoms with Gasteiger partial charge in [-0.05, 0) is 68.0 Å². The number of nitrogens with zero attached hydrogens (tertiary/aromatic N) is 3. The fourth-order valence-corrected chi connectivity index (χ4v) is 6.01. The van der Waals surface area contributed by atoms with E-state index in [4.69, 9.17) is 0 Å². The number of halogens is 1. The Morgan fingerprint density at radius 3 is 2.50 bits per heavy atom. The fraction of sp³-hybridized carbons (Fsp3) is 0.560. The van der Waals surface area contributed by atoms with E-state index in [1.54, 1.807) is 12.3 Å². The minimum absolute atomic E-state index is 0.0975. The maximum absolute atomic E-state index is 14.9. The summed E-state index contributed by atoms with van der Waals surface area (Å²) in [5.41, 5.74) is 2.96. The van der Waals surface area contributed by atoms with Crippen LogP contribution in [0, 0.1) is 24.6 Å². The molecule has 1 aromatic carbocycles. The molecule has 1 N–H and O–H groups in total. The smallest absolute Gasteiger partial charge is 0.146 e. The van der Waals surface area contributed by atoms with E-state index in [-0.39, 0.29) is 17.7 Å². The van der Waals surface area contributed by atoms with Gasteiger partial charge in [0.2, 0.25) is 0 Å². The van der Waals surface area contributed by atoms with Crippen molar-refractivity contribution >= 4 is 5.69 Å². The maximum atomic E-state index is 14.9. The Balaban J connectivity index is 1.36. The number of likely N-dealkylation sites (tertiary alicyclic amines) is 1. The summed E-state index contributed by atoms with van der Waals surface area (Å²) in [7, 11) is 0. The lowest BCUT2D eigenvalue weighted by Gasteiger charge is -2.52. The van der Waals surface area contributed by atoms with E-state index in [1.165, 1.54) is 0 Å². The van der Waals surface area contributed by atoms with E-state index in [0.29, 0.717) is 0 Å². The summed E-state index contributed by atoms with van der Waals surface area (Å²) in [6, 6.07) is 9.62. The van der Waals surface area contributed by atoms with Gasteiger partial charge >= 0.3 is 0 Å². The van der Waals surface area contributed by atoms with Crippen molar-refractivity contribution in [2.24, 2.45) is 11.8 Å². The van der Waals surface area contributed by atoms with Gasteiger partial charge in [0.15, 0.2) is 0 Å². The molecule has 1 aliphatic carbocycles. The average Bonchev–Trinajstić information content (AvgIpc) is 3.26. The number of aromatic nitrogens is 1. The Hall–Kier alpha value is -1.98. The Labute approximate surface area is 178 Å². The van der Waals surface area contributed by atoms with Crippen LogP contribution >= 0.6 is 0 Å². The van der Waals surface area contributed by atoms with Crippen molar-refractivity contribution in [2.75, 3.05) is 31.1 Å². The summed E-state index contributed by atoms with van der Waals surface area (Å²) in [4.78, 5) is 9.11. The summed E-state index contributed by atoms with van der Waals surface area (Å²) in [5, 5.41) is 11.7. The quantitative estimate of drug-likeness (QED) is 0.820. The van der Waals surface area contributed by atoms with Gasteiger partial charge in [-0.1, -0.05) is 12.5 Å². The summed E-state index contributed by atoms with van der Waals surface area (Å²) in [5.74, 6) is 0.252. The third-order valence-corrected chi connectivity index (χ3v) is 7.63. The Morgan fingerprint density at radius 1 is 1.10 bits per heavy atom. The monoisotopic (exact) mass is 409 g/mol. The van der Waals surface area contributed by atoms with Gasteiger partial charge in [-0.3, -0.25) is 9.88 Å². The first-order chi connectivity index (χ1) is 14.6. The van der Waals surface area contributed by atoms with Crippen LogP contribution in [0.25, 0.3) is 0 Å². The molecule has 1 aromatic heterocycles. The SMILES string of the molecule is Cc1cc(N2CCCC2)c(F)cc1CN1CC2CCCC(C1)C2(O)c1ccccn1. The molecule has 0 amide bonds. The molecular formula is C25H32FN3O. The highest BCUT2D eigenvalue weighted by Crippen LogP contribution is 2.48. The lowest BCUT2D eigenvalue weighted by molar-refractivity contribution is -0.151. The molecule has 4 nitrogen and oxygen atoms in total. The number of aryl methyl sites for hydroxylation is 1. The summed E-state index contributed by atoms with van der Waals surface area (Å²) < 4.78 is 14.9. The van der Waals surface area contributed by atoms with Crippen LogP contribution in [0.1, 0.15) is 48.9 Å². The topological polar surface area (TPSA) is 39.6 Å². The molecule has 3 heterocycles.